The van der Waals surface area contributed by atoms with Gasteiger partial charge in [0.1, 0.15) is 5.82 Å². The molecule has 0 radical (unpaired) electrons. The maximum Gasteiger partial charge on any atom is 0.319 e. The summed E-state index contributed by atoms with van der Waals surface area (Å²) in [5, 5.41) is 5.37. The molecule has 10 heteroatoms. The van der Waals surface area contributed by atoms with Gasteiger partial charge in [-0.3, -0.25) is 0 Å². The molecule has 2 amide bonds. The Balaban J connectivity index is 1.45. The van der Waals surface area contributed by atoms with Crippen LogP contribution in [0.2, 0.25) is 0 Å². The SMILES string of the molecule is Cc1ccc(NC(=O)NCc2nc(N3CCCC3)nc(N3CCOCC3)n2)cc1F. The first-order chi connectivity index (χ1) is 14.6. The molecule has 30 heavy (non-hydrogen) atoms. The number of aromatic nitrogens is 3. The average molecular weight is 415 g/mol. The van der Waals surface area contributed by atoms with E-state index >= 15 is 0 Å². The molecule has 0 spiro atoms. The van der Waals surface area contributed by atoms with Gasteiger partial charge in [0, 0.05) is 31.9 Å². The molecule has 160 valence electrons. The molecular weight excluding hydrogens is 389 g/mol. The summed E-state index contributed by atoms with van der Waals surface area (Å²) in [6.45, 7) is 6.34. The van der Waals surface area contributed by atoms with Gasteiger partial charge in [-0.2, -0.15) is 15.0 Å². The highest BCUT2D eigenvalue weighted by Crippen LogP contribution is 2.19. The van der Waals surface area contributed by atoms with Gasteiger partial charge in [0.2, 0.25) is 11.9 Å². The molecule has 1 aromatic carbocycles. The summed E-state index contributed by atoms with van der Waals surface area (Å²) in [6, 6.07) is 4.12. The summed E-state index contributed by atoms with van der Waals surface area (Å²) in [5.41, 5.74) is 0.911. The number of hydrogen-bond acceptors (Lipinski definition) is 7. The van der Waals surface area contributed by atoms with E-state index in [2.05, 4.69) is 35.4 Å². The zero-order valence-corrected chi connectivity index (χ0v) is 17.0. The Kier molecular flexibility index (Phi) is 6.22. The number of hydrogen-bond donors (Lipinski definition) is 2. The number of ether oxygens (including phenoxy) is 1. The van der Waals surface area contributed by atoms with E-state index in [1.807, 2.05) is 0 Å². The van der Waals surface area contributed by atoms with Crippen LogP contribution in [0.5, 0.6) is 0 Å². The van der Waals surface area contributed by atoms with Crippen LogP contribution >= 0.6 is 0 Å². The number of aryl methyl sites for hydroxylation is 1. The minimum Gasteiger partial charge on any atom is -0.378 e. The third kappa shape index (κ3) is 4.93. The number of urea groups is 1. The van der Waals surface area contributed by atoms with Crippen LogP contribution < -0.4 is 20.4 Å². The molecule has 3 heterocycles. The molecule has 2 aromatic rings. The van der Waals surface area contributed by atoms with Crippen LogP contribution in [-0.2, 0) is 11.3 Å². The number of anilines is 3. The Labute approximate surface area is 174 Å². The Hall–Kier alpha value is -3.01. The largest absolute Gasteiger partial charge is 0.378 e. The summed E-state index contributed by atoms with van der Waals surface area (Å²) in [6.07, 6.45) is 2.23. The number of halogens is 1. The van der Waals surface area contributed by atoms with Gasteiger partial charge in [-0.25, -0.2) is 9.18 Å². The summed E-state index contributed by atoms with van der Waals surface area (Å²) in [5.74, 6) is 1.36. The van der Waals surface area contributed by atoms with Gasteiger partial charge in [0.25, 0.3) is 0 Å². The van der Waals surface area contributed by atoms with Crippen molar-refractivity contribution in [3.63, 3.8) is 0 Å². The Bertz CT molecular complexity index is 899. The van der Waals surface area contributed by atoms with Crippen molar-refractivity contribution in [3.05, 3.63) is 35.4 Å². The molecule has 0 unspecified atom stereocenters. The van der Waals surface area contributed by atoms with Gasteiger partial charge in [0.15, 0.2) is 5.82 Å². The average Bonchev–Trinajstić information content (AvgIpc) is 3.30. The van der Waals surface area contributed by atoms with E-state index in [-0.39, 0.29) is 12.4 Å². The second-order valence-corrected chi connectivity index (χ2v) is 7.42. The fraction of sp³-hybridized carbons (Fsp3) is 0.500. The predicted octanol–water partition coefficient (Wildman–Crippen LogP) is 2.08. The Morgan fingerprint density at radius 1 is 1.07 bits per heavy atom. The molecular formula is C20H26FN7O2. The van der Waals surface area contributed by atoms with Crippen LogP contribution in [0.15, 0.2) is 18.2 Å². The van der Waals surface area contributed by atoms with E-state index < -0.39 is 6.03 Å². The van der Waals surface area contributed by atoms with E-state index in [0.29, 0.717) is 42.2 Å². The molecule has 9 nitrogen and oxygen atoms in total. The second kappa shape index (κ2) is 9.21. The van der Waals surface area contributed by atoms with E-state index in [0.717, 1.165) is 39.0 Å². The van der Waals surface area contributed by atoms with Crippen molar-refractivity contribution in [2.45, 2.75) is 26.3 Å². The lowest BCUT2D eigenvalue weighted by Gasteiger charge is -2.28. The van der Waals surface area contributed by atoms with Gasteiger partial charge in [-0.05, 0) is 37.5 Å². The van der Waals surface area contributed by atoms with Crippen molar-refractivity contribution in [2.75, 3.05) is 54.5 Å². The van der Waals surface area contributed by atoms with Crippen molar-refractivity contribution in [2.24, 2.45) is 0 Å². The van der Waals surface area contributed by atoms with Gasteiger partial charge in [-0.1, -0.05) is 6.07 Å². The summed E-state index contributed by atoms with van der Waals surface area (Å²) < 4.78 is 19.1. The lowest BCUT2D eigenvalue weighted by molar-refractivity contribution is 0.122. The monoisotopic (exact) mass is 415 g/mol. The third-order valence-electron chi connectivity index (χ3n) is 5.18. The first kappa shape index (κ1) is 20.3. The zero-order valence-electron chi connectivity index (χ0n) is 17.0. The number of amides is 2. The highest BCUT2D eigenvalue weighted by molar-refractivity contribution is 5.89. The van der Waals surface area contributed by atoms with Crippen molar-refractivity contribution >= 4 is 23.6 Å². The van der Waals surface area contributed by atoms with E-state index in [9.17, 15) is 9.18 Å². The molecule has 0 saturated carbocycles. The summed E-state index contributed by atoms with van der Waals surface area (Å²) in [7, 11) is 0. The second-order valence-electron chi connectivity index (χ2n) is 7.42. The van der Waals surface area contributed by atoms with E-state index in [1.54, 1.807) is 19.1 Å². The van der Waals surface area contributed by atoms with Crippen molar-refractivity contribution in [3.8, 4) is 0 Å². The molecule has 2 N–H and O–H groups in total. The fourth-order valence-corrected chi connectivity index (χ4v) is 3.44. The number of carbonyl (C=O) groups excluding carboxylic acids is 1. The molecule has 2 aliphatic rings. The third-order valence-corrected chi connectivity index (χ3v) is 5.18. The number of benzene rings is 1. The van der Waals surface area contributed by atoms with Crippen molar-refractivity contribution in [1.29, 1.82) is 0 Å². The minimum atomic E-state index is -0.450. The van der Waals surface area contributed by atoms with Gasteiger partial charge >= 0.3 is 6.03 Å². The molecule has 0 aliphatic carbocycles. The predicted molar refractivity (Wildman–Crippen MR) is 111 cm³/mol. The topological polar surface area (TPSA) is 95.5 Å². The van der Waals surface area contributed by atoms with Crippen molar-refractivity contribution in [1.82, 2.24) is 20.3 Å². The molecule has 2 aliphatic heterocycles. The maximum atomic E-state index is 13.7. The number of carbonyl (C=O) groups is 1. The summed E-state index contributed by atoms with van der Waals surface area (Å²) in [4.78, 5) is 30.2. The highest BCUT2D eigenvalue weighted by Gasteiger charge is 2.21. The lowest BCUT2D eigenvalue weighted by atomic mass is 10.2. The van der Waals surface area contributed by atoms with Crippen molar-refractivity contribution < 1.29 is 13.9 Å². The molecule has 4 rings (SSSR count). The van der Waals surface area contributed by atoms with Gasteiger partial charge in [0.05, 0.1) is 19.8 Å². The molecule has 0 bridgehead atoms. The van der Waals surface area contributed by atoms with Crippen LogP contribution in [0.1, 0.15) is 24.2 Å². The number of morpholine rings is 1. The summed E-state index contributed by atoms with van der Waals surface area (Å²) >= 11 is 0. The maximum absolute atomic E-state index is 13.7. The fourth-order valence-electron chi connectivity index (χ4n) is 3.44. The molecule has 2 saturated heterocycles. The van der Waals surface area contributed by atoms with Crippen LogP contribution in [0.25, 0.3) is 0 Å². The molecule has 0 atom stereocenters. The van der Waals surface area contributed by atoms with E-state index in [1.165, 1.54) is 6.07 Å². The first-order valence-corrected chi connectivity index (χ1v) is 10.2. The minimum absolute atomic E-state index is 0.140. The van der Waals surface area contributed by atoms with Gasteiger partial charge < -0.3 is 25.2 Å². The Morgan fingerprint density at radius 3 is 2.40 bits per heavy atom. The quantitative estimate of drug-likeness (QED) is 0.772. The highest BCUT2D eigenvalue weighted by atomic mass is 19.1. The first-order valence-electron chi connectivity index (χ1n) is 10.2. The normalized spacial score (nSPS) is 16.6. The van der Waals surface area contributed by atoms with Crippen LogP contribution in [0, 0.1) is 12.7 Å². The Morgan fingerprint density at radius 2 is 1.73 bits per heavy atom. The number of nitrogens with one attached hydrogen (secondary N) is 2. The number of nitrogens with zero attached hydrogens (tertiary/aromatic N) is 5. The van der Waals surface area contributed by atoms with Crippen LogP contribution in [0.4, 0.5) is 26.8 Å². The number of rotatable bonds is 5. The van der Waals surface area contributed by atoms with Gasteiger partial charge in [-0.15, -0.1) is 0 Å². The van der Waals surface area contributed by atoms with Crippen LogP contribution in [-0.4, -0.2) is 60.4 Å². The lowest BCUT2D eigenvalue weighted by Crippen LogP contribution is -2.38. The van der Waals surface area contributed by atoms with E-state index in [4.69, 9.17) is 4.74 Å². The van der Waals surface area contributed by atoms with Crippen LogP contribution in [0.3, 0.4) is 0 Å². The standard InChI is InChI=1S/C20H26FN7O2/c1-14-4-5-15(12-16(14)21)23-20(29)22-13-17-24-18(27-6-2-3-7-27)26-19(25-17)28-8-10-30-11-9-28/h4-5,12H,2-3,6-11,13H2,1H3,(H2,22,23,29). The smallest absolute Gasteiger partial charge is 0.319 e. The molecule has 2 fully saturated rings. The zero-order chi connectivity index (χ0) is 20.9. The molecule has 1 aromatic heterocycles.